The number of aromatic nitrogens is 1. The first kappa shape index (κ1) is 15.3. The average molecular weight is 312 g/mol. The highest BCUT2D eigenvalue weighted by molar-refractivity contribution is 7.10. The molecule has 1 heterocycles. The SMILES string of the molecule is Nc1cccc(/C=C/c2nc(C3CCCCCCC3)cs2)c1. The fraction of sp³-hybridized carbons (Fsp3) is 0.421. The van der Waals surface area contributed by atoms with E-state index in [1.54, 1.807) is 11.3 Å². The summed E-state index contributed by atoms with van der Waals surface area (Å²) in [7, 11) is 0. The molecule has 0 bridgehead atoms. The lowest BCUT2D eigenvalue weighted by molar-refractivity contribution is 0.450. The van der Waals surface area contributed by atoms with Gasteiger partial charge in [-0.1, -0.05) is 50.3 Å². The minimum atomic E-state index is 0.672. The van der Waals surface area contributed by atoms with Crippen LogP contribution < -0.4 is 5.73 Å². The third-order valence-corrected chi connectivity index (χ3v) is 5.22. The molecule has 0 radical (unpaired) electrons. The topological polar surface area (TPSA) is 38.9 Å². The van der Waals surface area contributed by atoms with E-state index < -0.39 is 0 Å². The minimum absolute atomic E-state index is 0.672. The van der Waals surface area contributed by atoms with Crippen LogP contribution in [-0.4, -0.2) is 4.98 Å². The molecule has 1 fully saturated rings. The molecule has 0 aliphatic heterocycles. The largest absolute Gasteiger partial charge is 0.399 e. The normalized spacial score (nSPS) is 17.5. The zero-order chi connectivity index (χ0) is 15.2. The van der Waals surface area contributed by atoms with E-state index in [0.717, 1.165) is 16.3 Å². The van der Waals surface area contributed by atoms with Crippen LogP contribution in [0.3, 0.4) is 0 Å². The molecule has 0 saturated heterocycles. The number of nitrogens with two attached hydrogens (primary N) is 1. The molecule has 1 aliphatic carbocycles. The number of anilines is 1. The highest BCUT2D eigenvalue weighted by atomic mass is 32.1. The van der Waals surface area contributed by atoms with Crippen molar-refractivity contribution in [2.45, 2.75) is 50.9 Å². The highest BCUT2D eigenvalue weighted by Gasteiger charge is 2.16. The average Bonchev–Trinajstić information content (AvgIpc) is 2.94. The Morgan fingerprint density at radius 1 is 1.05 bits per heavy atom. The molecule has 1 aliphatic rings. The lowest BCUT2D eigenvalue weighted by Gasteiger charge is -2.17. The number of thiazole rings is 1. The van der Waals surface area contributed by atoms with Crippen LogP contribution in [0.15, 0.2) is 29.6 Å². The van der Waals surface area contributed by atoms with Crippen LogP contribution in [0, 0.1) is 0 Å². The van der Waals surface area contributed by atoms with Crippen molar-refractivity contribution < 1.29 is 0 Å². The van der Waals surface area contributed by atoms with E-state index in [4.69, 9.17) is 10.7 Å². The molecule has 0 atom stereocenters. The van der Waals surface area contributed by atoms with Crippen LogP contribution in [0.1, 0.15) is 67.1 Å². The van der Waals surface area contributed by atoms with E-state index in [9.17, 15) is 0 Å². The zero-order valence-electron chi connectivity index (χ0n) is 13.0. The molecule has 3 rings (SSSR count). The number of benzene rings is 1. The Bertz CT molecular complexity index is 622. The summed E-state index contributed by atoms with van der Waals surface area (Å²) >= 11 is 1.75. The van der Waals surface area contributed by atoms with Crippen LogP contribution in [0.2, 0.25) is 0 Å². The summed E-state index contributed by atoms with van der Waals surface area (Å²) in [5.41, 5.74) is 9.04. The second-order valence-corrected chi connectivity index (χ2v) is 7.05. The van der Waals surface area contributed by atoms with Crippen LogP contribution >= 0.6 is 11.3 Å². The van der Waals surface area contributed by atoms with E-state index in [0.29, 0.717) is 5.92 Å². The summed E-state index contributed by atoms with van der Waals surface area (Å²) in [5, 5.41) is 3.35. The van der Waals surface area contributed by atoms with Gasteiger partial charge in [0.15, 0.2) is 0 Å². The Hall–Kier alpha value is -1.61. The zero-order valence-corrected chi connectivity index (χ0v) is 13.8. The van der Waals surface area contributed by atoms with Crippen LogP contribution in [0.5, 0.6) is 0 Å². The Morgan fingerprint density at radius 2 is 1.82 bits per heavy atom. The number of hydrogen-bond donors (Lipinski definition) is 1. The Morgan fingerprint density at radius 3 is 2.59 bits per heavy atom. The van der Waals surface area contributed by atoms with Crippen molar-refractivity contribution in [2.75, 3.05) is 5.73 Å². The lowest BCUT2D eigenvalue weighted by atomic mass is 9.89. The van der Waals surface area contributed by atoms with E-state index >= 15 is 0 Å². The second kappa shape index (κ2) is 7.59. The van der Waals surface area contributed by atoms with Gasteiger partial charge in [-0.2, -0.15) is 0 Å². The first-order chi connectivity index (χ1) is 10.8. The van der Waals surface area contributed by atoms with Gasteiger partial charge in [0.1, 0.15) is 5.01 Å². The maximum atomic E-state index is 5.81. The fourth-order valence-corrected chi connectivity index (χ4v) is 3.94. The summed E-state index contributed by atoms with van der Waals surface area (Å²) in [5.74, 6) is 0.672. The smallest absolute Gasteiger partial charge is 0.116 e. The molecule has 2 N–H and O–H groups in total. The first-order valence-corrected chi connectivity index (χ1v) is 9.18. The summed E-state index contributed by atoms with van der Waals surface area (Å²) in [4.78, 5) is 4.84. The molecule has 3 heteroatoms. The maximum absolute atomic E-state index is 5.81. The summed E-state index contributed by atoms with van der Waals surface area (Å²) in [6.07, 6.45) is 13.7. The van der Waals surface area contributed by atoms with E-state index in [-0.39, 0.29) is 0 Å². The van der Waals surface area contributed by atoms with Crippen LogP contribution in [-0.2, 0) is 0 Å². The van der Waals surface area contributed by atoms with Crippen molar-refractivity contribution in [1.82, 2.24) is 4.98 Å². The van der Waals surface area contributed by atoms with Crippen molar-refractivity contribution in [3.8, 4) is 0 Å². The fourth-order valence-electron chi connectivity index (χ4n) is 3.15. The van der Waals surface area contributed by atoms with Gasteiger partial charge < -0.3 is 5.73 Å². The quantitative estimate of drug-likeness (QED) is 0.736. The van der Waals surface area contributed by atoms with Gasteiger partial charge in [0.05, 0.1) is 5.69 Å². The Kier molecular flexibility index (Phi) is 5.28. The third kappa shape index (κ3) is 4.20. The third-order valence-electron chi connectivity index (χ3n) is 4.39. The van der Waals surface area contributed by atoms with Gasteiger partial charge in [-0.15, -0.1) is 11.3 Å². The molecule has 0 spiro atoms. The molecule has 1 aromatic carbocycles. The predicted molar refractivity (Wildman–Crippen MR) is 97.0 cm³/mol. The summed E-state index contributed by atoms with van der Waals surface area (Å²) < 4.78 is 0. The Labute approximate surface area is 137 Å². The Balaban J connectivity index is 1.67. The van der Waals surface area contributed by atoms with Gasteiger partial charge in [-0.05, 0) is 36.6 Å². The highest BCUT2D eigenvalue weighted by Crippen LogP contribution is 2.31. The van der Waals surface area contributed by atoms with Gasteiger partial charge in [-0.3, -0.25) is 0 Å². The number of hydrogen-bond acceptors (Lipinski definition) is 3. The van der Waals surface area contributed by atoms with Gasteiger partial charge in [-0.25, -0.2) is 4.98 Å². The maximum Gasteiger partial charge on any atom is 0.116 e. The number of rotatable bonds is 3. The van der Waals surface area contributed by atoms with E-state index in [2.05, 4.69) is 23.6 Å². The monoisotopic (exact) mass is 312 g/mol. The standard InChI is InChI=1S/C19H24N2S/c20-17-10-6-7-15(13-17)11-12-19-21-18(14-22-19)16-8-4-2-1-3-5-9-16/h6-7,10-14,16H,1-5,8-9,20H2/b12-11+. The molecule has 22 heavy (non-hydrogen) atoms. The number of nitrogens with zero attached hydrogens (tertiary/aromatic N) is 1. The van der Waals surface area contributed by atoms with Gasteiger partial charge >= 0.3 is 0 Å². The summed E-state index contributed by atoms with van der Waals surface area (Å²) in [6.45, 7) is 0. The van der Waals surface area contributed by atoms with Crippen molar-refractivity contribution in [3.05, 3.63) is 45.9 Å². The van der Waals surface area contributed by atoms with Crippen LogP contribution in [0.4, 0.5) is 5.69 Å². The molecule has 2 aromatic rings. The van der Waals surface area contributed by atoms with Crippen molar-refractivity contribution in [1.29, 1.82) is 0 Å². The van der Waals surface area contributed by atoms with E-state index in [1.807, 2.05) is 18.2 Å². The molecule has 1 aromatic heterocycles. The molecular weight excluding hydrogens is 288 g/mol. The van der Waals surface area contributed by atoms with Crippen LogP contribution in [0.25, 0.3) is 12.2 Å². The summed E-state index contributed by atoms with van der Waals surface area (Å²) in [6, 6.07) is 7.94. The second-order valence-electron chi connectivity index (χ2n) is 6.16. The minimum Gasteiger partial charge on any atom is -0.399 e. The van der Waals surface area contributed by atoms with Gasteiger partial charge in [0.25, 0.3) is 0 Å². The van der Waals surface area contributed by atoms with Crippen molar-refractivity contribution >= 4 is 29.2 Å². The molecule has 0 unspecified atom stereocenters. The van der Waals surface area contributed by atoms with E-state index in [1.165, 1.54) is 50.6 Å². The van der Waals surface area contributed by atoms with Crippen molar-refractivity contribution in [3.63, 3.8) is 0 Å². The lowest BCUT2D eigenvalue weighted by Crippen LogP contribution is -2.02. The van der Waals surface area contributed by atoms with Gasteiger partial charge in [0.2, 0.25) is 0 Å². The molecule has 0 amide bonds. The number of nitrogen functional groups attached to an aromatic ring is 1. The molecule has 1 saturated carbocycles. The molecular formula is C19H24N2S. The molecule has 116 valence electrons. The molecule has 2 nitrogen and oxygen atoms in total. The van der Waals surface area contributed by atoms with Crippen molar-refractivity contribution in [2.24, 2.45) is 0 Å². The first-order valence-electron chi connectivity index (χ1n) is 8.30. The van der Waals surface area contributed by atoms with Gasteiger partial charge in [0, 0.05) is 17.0 Å². The predicted octanol–water partition coefficient (Wildman–Crippen LogP) is 5.72.